The zero-order valence-electron chi connectivity index (χ0n) is 11.4. The summed E-state index contributed by atoms with van der Waals surface area (Å²) in [6.45, 7) is 8.22. The average Bonchev–Trinajstić information content (AvgIpc) is 2.26. The van der Waals surface area contributed by atoms with Crippen molar-refractivity contribution in [1.82, 2.24) is 15.6 Å². The summed E-state index contributed by atoms with van der Waals surface area (Å²) in [6.07, 6.45) is -3.46. The summed E-state index contributed by atoms with van der Waals surface area (Å²) in [5.41, 5.74) is -0.0525. The maximum Gasteiger partial charge on any atom is 0.417 e. The summed E-state index contributed by atoms with van der Waals surface area (Å²) in [5.74, 6) is 0. The van der Waals surface area contributed by atoms with Crippen molar-refractivity contribution in [2.75, 3.05) is 13.1 Å². The second-order valence-corrected chi connectivity index (χ2v) is 5.39. The second-order valence-electron chi connectivity index (χ2n) is 5.39. The van der Waals surface area contributed by atoms with Crippen molar-refractivity contribution in [3.8, 4) is 0 Å². The lowest BCUT2D eigenvalue weighted by Gasteiger charge is -2.20. The number of nitrogens with one attached hydrogen (secondary N) is 2. The molecule has 0 aromatic carbocycles. The Morgan fingerprint density at radius 3 is 2.26 bits per heavy atom. The fourth-order valence-electron chi connectivity index (χ4n) is 1.44. The summed E-state index contributed by atoms with van der Waals surface area (Å²) in [5, 5.41) is 6.43. The van der Waals surface area contributed by atoms with E-state index in [9.17, 15) is 13.2 Å². The van der Waals surface area contributed by atoms with Crippen LogP contribution >= 0.6 is 0 Å². The van der Waals surface area contributed by atoms with Crippen molar-refractivity contribution in [3.05, 3.63) is 29.6 Å². The molecular formula is C13H20F3N3. The predicted molar refractivity (Wildman–Crippen MR) is 68.7 cm³/mol. The van der Waals surface area contributed by atoms with E-state index in [1.165, 1.54) is 6.07 Å². The Kier molecular flexibility index (Phi) is 5.31. The van der Waals surface area contributed by atoms with E-state index in [4.69, 9.17) is 0 Å². The largest absolute Gasteiger partial charge is 0.417 e. The van der Waals surface area contributed by atoms with E-state index in [-0.39, 0.29) is 5.54 Å². The van der Waals surface area contributed by atoms with Crippen LogP contribution in [-0.2, 0) is 12.7 Å². The molecule has 6 heteroatoms. The molecule has 2 N–H and O–H groups in total. The van der Waals surface area contributed by atoms with Crippen molar-refractivity contribution in [1.29, 1.82) is 0 Å². The molecule has 1 aromatic heterocycles. The summed E-state index contributed by atoms with van der Waals surface area (Å²) in [7, 11) is 0. The van der Waals surface area contributed by atoms with Gasteiger partial charge in [0.1, 0.15) is 0 Å². The predicted octanol–water partition coefficient (Wildman–Crippen LogP) is 2.58. The Balaban J connectivity index is 2.31. The monoisotopic (exact) mass is 275 g/mol. The van der Waals surface area contributed by atoms with Crippen LogP contribution in [0.1, 0.15) is 32.0 Å². The minimum Gasteiger partial charge on any atom is -0.311 e. The molecule has 0 radical (unpaired) electrons. The molecule has 108 valence electrons. The molecule has 0 unspecified atom stereocenters. The van der Waals surface area contributed by atoms with Gasteiger partial charge in [0.2, 0.25) is 0 Å². The summed E-state index contributed by atoms with van der Waals surface area (Å²) in [6, 6.07) is 2.45. The summed E-state index contributed by atoms with van der Waals surface area (Å²) >= 11 is 0. The second kappa shape index (κ2) is 6.34. The van der Waals surface area contributed by atoms with Gasteiger partial charge < -0.3 is 10.6 Å². The zero-order valence-corrected chi connectivity index (χ0v) is 11.4. The van der Waals surface area contributed by atoms with Gasteiger partial charge in [0.05, 0.1) is 11.3 Å². The number of pyridine rings is 1. The van der Waals surface area contributed by atoms with Gasteiger partial charge >= 0.3 is 6.18 Å². The molecule has 0 spiro atoms. The molecule has 0 aliphatic rings. The van der Waals surface area contributed by atoms with Gasteiger partial charge in [-0.2, -0.15) is 13.2 Å². The fraction of sp³-hybridized carbons (Fsp3) is 0.615. The van der Waals surface area contributed by atoms with Crippen LogP contribution in [0, 0.1) is 0 Å². The normalized spacial score (nSPS) is 12.7. The molecular weight excluding hydrogens is 255 g/mol. The number of aromatic nitrogens is 1. The van der Waals surface area contributed by atoms with Gasteiger partial charge in [0, 0.05) is 31.4 Å². The number of nitrogens with zero attached hydrogens (tertiary/aromatic N) is 1. The Morgan fingerprint density at radius 1 is 1.11 bits per heavy atom. The molecule has 0 aliphatic carbocycles. The lowest BCUT2D eigenvalue weighted by Crippen LogP contribution is -2.40. The quantitative estimate of drug-likeness (QED) is 0.811. The number of hydrogen-bond donors (Lipinski definition) is 2. The van der Waals surface area contributed by atoms with Gasteiger partial charge in [0.15, 0.2) is 0 Å². The van der Waals surface area contributed by atoms with Crippen LogP contribution in [0.4, 0.5) is 13.2 Å². The molecule has 0 saturated carbocycles. The highest BCUT2D eigenvalue weighted by atomic mass is 19.4. The van der Waals surface area contributed by atoms with Crippen molar-refractivity contribution >= 4 is 0 Å². The zero-order chi connectivity index (χ0) is 14.5. The average molecular weight is 275 g/mol. The topological polar surface area (TPSA) is 37.0 Å². The van der Waals surface area contributed by atoms with Gasteiger partial charge in [-0.3, -0.25) is 4.98 Å². The molecule has 0 bridgehead atoms. The minimum atomic E-state index is -4.32. The van der Waals surface area contributed by atoms with E-state index in [1.54, 1.807) is 0 Å². The van der Waals surface area contributed by atoms with E-state index in [1.807, 2.05) is 0 Å². The number of halogens is 3. The molecule has 0 amide bonds. The Hall–Kier alpha value is -1.14. The molecule has 1 heterocycles. The van der Waals surface area contributed by atoms with Crippen molar-refractivity contribution in [2.24, 2.45) is 0 Å². The van der Waals surface area contributed by atoms with E-state index >= 15 is 0 Å². The highest BCUT2D eigenvalue weighted by Crippen LogP contribution is 2.28. The Morgan fingerprint density at radius 2 is 1.79 bits per heavy atom. The number of hydrogen-bond acceptors (Lipinski definition) is 3. The first-order valence-corrected chi connectivity index (χ1v) is 6.16. The van der Waals surface area contributed by atoms with Crippen LogP contribution in [0.5, 0.6) is 0 Å². The van der Waals surface area contributed by atoms with Crippen LogP contribution in [-0.4, -0.2) is 23.6 Å². The SMILES string of the molecule is CC(C)(C)NCCNCc1ccc(C(F)(F)F)cn1. The number of rotatable bonds is 5. The third-order valence-corrected chi connectivity index (χ3v) is 2.42. The summed E-state index contributed by atoms with van der Waals surface area (Å²) in [4.78, 5) is 3.79. The summed E-state index contributed by atoms with van der Waals surface area (Å²) < 4.78 is 37.0. The van der Waals surface area contributed by atoms with Crippen LogP contribution in [0.3, 0.4) is 0 Å². The van der Waals surface area contributed by atoms with E-state index in [2.05, 4.69) is 36.4 Å². The molecule has 0 atom stereocenters. The maximum absolute atomic E-state index is 12.3. The van der Waals surface area contributed by atoms with Crippen LogP contribution in [0.2, 0.25) is 0 Å². The molecule has 1 aromatic rings. The third-order valence-electron chi connectivity index (χ3n) is 2.42. The van der Waals surface area contributed by atoms with Gasteiger partial charge in [-0.15, -0.1) is 0 Å². The van der Waals surface area contributed by atoms with Crippen molar-refractivity contribution in [2.45, 2.75) is 39.0 Å². The van der Waals surface area contributed by atoms with E-state index in [0.717, 1.165) is 25.4 Å². The van der Waals surface area contributed by atoms with Gasteiger partial charge in [-0.05, 0) is 32.9 Å². The highest BCUT2D eigenvalue weighted by molar-refractivity contribution is 5.16. The third kappa shape index (κ3) is 6.54. The van der Waals surface area contributed by atoms with Gasteiger partial charge in [0.25, 0.3) is 0 Å². The van der Waals surface area contributed by atoms with Crippen LogP contribution in [0.15, 0.2) is 18.3 Å². The maximum atomic E-state index is 12.3. The van der Waals surface area contributed by atoms with Gasteiger partial charge in [-0.25, -0.2) is 0 Å². The van der Waals surface area contributed by atoms with Crippen LogP contribution < -0.4 is 10.6 Å². The smallest absolute Gasteiger partial charge is 0.311 e. The van der Waals surface area contributed by atoms with Crippen molar-refractivity contribution in [3.63, 3.8) is 0 Å². The van der Waals surface area contributed by atoms with Crippen LogP contribution in [0.25, 0.3) is 0 Å². The first-order chi connectivity index (χ1) is 8.68. The lowest BCUT2D eigenvalue weighted by atomic mass is 10.1. The molecule has 1 rings (SSSR count). The highest BCUT2D eigenvalue weighted by Gasteiger charge is 2.30. The first-order valence-electron chi connectivity index (χ1n) is 6.16. The molecule has 0 saturated heterocycles. The van der Waals surface area contributed by atoms with E-state index < -0.39 is 11.7 Å². The Labute approximate surface area is 111 Å². The first kappa shape index (κ1) is 15.9. The molecule has 0 fully saturated rings. The molecule has 0 aliphatic heterocycles. The van der Waals surface area contributed by atoms with Gasteiger partial charge in [-0.1, -0.05) is 0 Å². The molecule has 3 nitrogen and oxygen atoms in total. The minimum absolute atomic E-state index is 0.0638. The lowest BCUT2D eigenvalue weighted by molar-refractivity contribution is -0.137. The number of alkyl halides is 3. The van der Waals surface area contributed by atoms with Crippen molar-refractivity contribution < 1.29 is 13.2 Å². The Bertz CT molecular complexity index is 380. The standard InChI is InChI=1S/C13H20F3N3/c1-12(2,3)19-7-6-17-9-11-5-4-10(8-18-11)13(14,15)16/h4-5,8,17,19H,6-7,9H2,1-3H3. The molecule has 19 heavy (non-hydrogen) atoms. The van der Waals surface area contributed by atoms with E-state index in [0.29, 0.717) is 12.2 Å². The fourth-order valence-corrected chi connectivity index (χ4v) is 1.44.